The van der Waals surface area contributed by atoms with E-state index in [0.29, 0.717) is 6.04 Å². The molecule has 1 aliphatic heterocycles. The van der Waals surface area contributed by atoms with E-state index in [2.05, 4.69) is 5.32 Å². The standard InChI is InChI=1S/C4H10N2.Pt/c5-4-1-2-6-3-4;/h4,6H,1-3,5H2;/t4-;/m0./s1. The van der Waals surface area contributed by atoms with Gasteiger partial charge in [0.1, 0.15) is 0 Å². The van der Waals surface area contributed by atoms with Crippen LogP contribution >= 0.6 is 0 Å². The zero-order valence-electron chi connectivity index (χ0n) is 4.09. The fourth-order valence-corrected chi connectivity index (χ4v) is 0.677. The van der Waals surface area contributed by atoms with Gasteiger partial charge in [-0.15, -0.1) is 0 Å². The molecule has 0 aromatic carbocycles. The molecule has 1 saturated heterocycles. The maximum atomic E-state index is 5.47. The maximum absolute atomic E-state index is 5.47. The van der Waals surface area contributed by atoms with Crippen LogP contribution in [0.25, 0.3) is 0 Å². The van der Waals surface area contributed by atoms with Crippen molar-refractivity contribution in [3.8, 4) is 0 Å². The Hall–Kier alpha value is 0.608. The summed E-state index contributed by atoms with van der Waals surface area (Å²) in [4.78, 5) is 0. The molecule has 3 N–H and O–H groups in total. The molecule has 0 unspecified atom stereocenters. The van der Waals surface area contributed by atoms with Crippen LogP contribution in [0.1, 0.15) is 6.42 Å². The number of nitrogens with two attached hydrogens (primary N) is 1. The van der Waals surface area contributed by atoms with Crippen LogP contribution in [0.4, 0.5) is 0 Å². The molecule has 1 rings (SSSR count). The molecule has 7 heavy (non-hydrogen) atoms. The summed E-state index contributed by atoms with van der Waals surface area (Å²) in [5, 5.41) is 3.15. The Kier molecular flexibility index (Phi) is 3.90. The van der Waals surface area contributed by atoms with Crippen molar-refractivity contribution >= 4 is 0 Å². The molecule has 1 fully saturated rings. The van der Waals surface area contributed by atoms with Gasteiger partial charge in [0.2, 0.25) is 0 Å². The molecule has 2 nitrogen and oxygen atoms in total. The van der Waals surface area contributed by atoms with E-state index >= 15 is 0 Å². The van der Waals surface area contributed by atoms with Crippen molar-refractivity contribution in [2.45, 2.75) is 12.5 Å². The molecule has 0 spiro atoms. The first kappa shape index (κ1) is 7.61. The summed E-state index contributed by atoms with van der Waals surface area (Å²) in [5.74, 6) is 0. The topological polar surface area (TPSA) is 38.0 Å². The second-order valence-corrected chi connectivity index (χ2v) is 1.75. The maximum Gasteiger partial charge on any atom is 0.0177 e. The van der Waals surface area contributed by atoms with Crippen molar-refractivity contribution in [3.63, 3.8) is 0 Å². The minimum absolute atomic E-state index is 0. The van der Waals surface area contributed by atoms with Gasteiger partial charge in [-0.25, -0.2) is 0 Å². The molecule has 0 radical (unpaired) electrons. The molecule has 46 valence electrons. The van der Waals surface area contributed by atoms with Gasteiger partial charge in [0.05, 0.1) is 0 Å². The van der Waals surface area contributed by atoms with Crippen molar-refractivity contribution in [3.05, 3.63) is 0 Å². The Balaban J connectivity index is 0.000000360. The van der Waals surface area contributed by atoms with Crippen LogP contribution in [0.2, 0.25) is 0 Å². The summed E-state index contributed by atoms with van der Waals surface area (Å²) < 4.78 is 0. The van der Waals surface area contributed by atoms with E-state index in [1.807, 2.05) is 0 Å². The van der Waals surface area contributed by atoms with Gasteiger partial charge in [0.25, 0.3) is 0 Å². The van der Waals surface area contributed by atoms with Gasteiger partial charge in [0, 0.05) is 33.7 Å². The average Bonchev–Trinajstić information content (AvgIpc) is 1.86. The molecule has 0 aromatic heterocycles. The second kappa shape index (κ2) is 3.59. The van der Waals surface area contributed by atoms with Crippen LogP contribution in [0.5, 0.6) is 0 Å². The van der Waals surface area contributed by atoms with E-state index in [4.69, 9.17) is 5.73 Å². The zero-order chi connectivity index (χ0) is 4.41. The van der Waals surface area contributed by atoms with Crippen LogP contribution in [0.15, 0.2) is 0 Å². The molecular weight excluding hydrogens is 271 g/mol. The summed E-state index contributed by atoms with van der Waals surface area (Å²) in [5.41, 5.74) is 5.47. The third-order valence-corrected chi connectivity index (χ3v) is 1.10. The van der Waals surface area contributed by atoms with Crippen LogP contribution in [-0.2, 0) is 21.1 Å². The first-order valence-electron chi connectivity index (χ1n) is 2.36. The van der Waals surface area contributed by atoms with Crippen LogP contribution in [-0.4, -0.2) is 19.1 Å². The van der Waals surface area contributed by atoms with E-state index in [9.17, 15) is 0 Å². The van der Waals surface area contributed by atoms with Crippen molar-refractivity contribution in [2.24, 2.45) is 5.73 Å². The van der Waals surface area contributed by atoms with Crippen molar-refractivity contribution < 1.29 is 21.1 Å². The quantitative estimate of drug-likeness (QED) is 0.616. The molecule has 0 amide bonds. The average molecular weight is 281 g/mol. The van der Waals surface area contributed by atoms with Crippen LogP contribution in [0, 0.1) is 0 Å². The van der Waals surface area contributed by atoms with E-state index in [-0.39, 0.29) is 21.1 Å². The summed E-state index contributed by atoms with van der Waals surface area (Å²) in [6.45, 7) is 2.13. The van der Waals surface area contributed by atoms with Gasteiger partial charge < -0.3 is 11.1 Å². The van der Waals surface area contributed by atoms with E-state index in [1.165, 1.54) is 0 Å². The Morgan fingerprint density at radius 3 is 2.43 bits per heavy atom. The summed E-state index contributed by atoms with van der Waals surface area (Å²) in [6, 6.07) is 0.435. The van der Waals surface area contributed by atoms with Crippen molar-refractivity contribution in [2.75, 3.05) is 13.1 Å². The molecule has 0 aromatic rings. The fraction of sp³-hybridized carbons (Fsp3) is 1.00. The van der Waals surface area contributed by atoms with E-state index in [1.54, 1.807) is 0 Å². The van der Waals surface area contributed by atoms with Gasteiger partial charge in [0.15, 0.2) is 0 Å². The largest absolute Gasteiger partial charge is 0.327 e. The van der Waals surface area contributed by atoms with Gasteiger partial charge in [-0.05, 0) is 13.0 Å². The molecule has 1 atom stereocenters. The molecule has 1 aliphatic rings. The minimum Gasteiger partial charge on any atom is -0.327 e. The normalized spacial score (nSPS) is 29.6. The van der Waals surface area contributed by atoms with E-state index < -0.39 is 0 Å². The predicted molar refractivity (Wildman–Crippen MR) is 25.5 cm³/mol. The minimum atomic E-state index is 0. The van der Waals surface area contributed by atoms with Gasteiger partial charge in [-0.1, -0.05) is 0 Å². The summed E-state index contributed by atoms with van der Waals surface area (Å²) in [7, 11) is 0. The zero-order valence-corrected chi connectivity index (χ0v) is 6.36. The molecule has 3 heteroatoms. The molecule has 0 saturated carbocycles. The first-order valence-corrected chi connectivity index (χ1v) is 2.36. The van der Waals surface area contributed by atoms with Crippen LogP contribution < -0.4 is 11.1 Å². The SMILES string of the molecule is N[C@H]1CCNC1.[Pt]. The second-order valence-electron chi connectivity index (χ2n) is 1.75. The Morgan fingerprint density at radius 2 is 2.29 bits per heavy atom. The smallest absolute Gasteiger partial charge is 0.0177 e. The summed E-state index contributed by atoms with van der Waals surface area (Å²) in [6.07, 6.45) is 1.15. The molecule has 0 aliphatic carbocycles. The fourth-order valence-electron chi connectivity index (χ4n) is 0.677. The first-order chi connectivity index (χ1) is 2.89. The Bertz CT molecular complexity index is 43.0. The third kappa shape index (κ3) is 2.42. The van der Waals surface area contributed by atoms with E-state index in [0.717, 1.165) is 19.5 Å². The van der Waals surface area contributed by atoms with Crippen molar-refractivity contribution in [1.29, 1.82) is 0 Å². The summed E-state index contributed by atoms with van der Waals surface area (Å²) >= 11 is 0. The van der Waals surface area contributed by atoms with Crippen molar-refractivity contribution in [1.82, 2.24) is 5.32 Å². The molecule has 1 heterocycles. The van der Waals surface area contributed by atoms with Gasteiger partial charge in [-0.2, -0.15) is 0 Å². The third-order valence-electron chi connectivity index (χ3n) is 1.10. The monoisotopic (exact) mass is 281 g/mol. The Morgan fingerprint density at radius 1 is 1.57 bits per heavy atom. The number of hydrogen-bond acceptors (Lipinski definition) is 2. The number of nitrogens with one attached hydrogen (secondary N) is 1. The predicted octanol–water partition coefficient (Wildman–Crippen LogP) is -0.696. The Labute approximate surface area is 58.1 Å². The van der Waals surface area contributed by atoms with Gasteiger partial charge in [-0.3, -0.25) is 0 Å². The number of rotatable bonds is 0. The van der Waals surface area contributed by atoms with Crippen LogP contribution in [0.3, 0.4) is 0 Å². The van der Waals surface area contributed by atoms with Gasteiger partial charge >= 0.3 is 0 Å². The molecular formula is C4H10N2Pt. The number of hydrogen-bond donors (Lipinski definition) is 2. The molecule has 0 bridgehead atoms.